The summed E-state index contributed by atoms with van der Waals surface area (Å²) in [5.74, 6) is 0. The number of aryl methyl sites for hydroxylation is 1. The highest BCUT2D eigenvalue weighted by atomic mass is 16.1. The molecule has 0 saturated carbocycles. The van der Waals surface area contributed by atoms with Crippen LogP contribution in [0.4, 0.5) is 0 Å². The lowest BCUT2D eigenvalue weighted by Crippen LogP contribution is -1.84. The lowest BCUT2D eigenvalue weighted by Gasteiger charge is -2.02. The van der Waals surface area contributed by atoms with Gasteiger partial charge in [-0.15, -0.1) is 0 Å². The summed E-state index contributed by atoms with van der Waals surface area (Å²) >= 11 is 0. The van der Waals surface area contributed by atoms with Gasteiger partial charge in [0.05, 0.1) is 0 Å². The second kappa shape index (κ2) is 3.02. The van der Waals surface area contributed by atoms with Gasteiger partial charge in [-0.3, -0.25) is 4.79 Å². The van der Waals surface area contributed by atoms with Gasteiger partial charge in [0.25, 0.3) is 0 Å². The Bertz CT molecular complexity index is 458. The Morgan fingerprint density at radius 2 is 1.92 bits per heavy atom. The first-order chi connectivity index (χ1) is 6.31. The van der Waals surface area contributed by atoms with E-state index in [9.17, 15) is 4.79 Å². The molecule has 0 atom stereocenters. The van der Waals surface area contributed by atoms with E-state index in [0.29, 0.717) is 0 Å². The number of benzene rings is 2. The Hall–Kier alpha value is -1.63. The second-order valence-electron chi connectivity index (χ2n) is 3.18. The van der Waals surface area contributed by atoms with Crippen LogP contribution in [-0.4, -0.2) is 6.29 Å². The van der Waals surface area contributed by atoms with Crippen molar-refractivity contribution in [1.82, 2.24) is 0 Å². The van der Waals surface area contributed by atoms with Gasteiger partial charge < -0.3 is 0 Å². The van der Waals surface area contributed by atoms with Gasteiger partial charge in [0, 0.05) is 5.56 Å². The van der Waals surface area contributed by atoms with Crippen LogP contribution in [0.25, 0.3) is 10.8 Å². The molecule has 0 N–H and O–H groups in total. The van der Waals surface area contributed by atoms with E-state index in [4.69, 9.17) is 0 Å². The summed E-state index contributed by atoms with van der Waals surface area (Å²) in [5.41, 5.74) is 1.90. The Kier molecular flexibility index (Phi) is 1.85. The van der Waals surface area contributed by atoms with Crippen molar-refractivity contribution in [2.24, 2.45) is 0 Å². The van der Waals surface area contributed by atoms with Crippen molar-refractivity contribution < 1.29 is 4.79 Å². The molecule has 1 heteroatoms. The van der Waals surface area contributed by atoms with Crippen LogP contribution in [0, 0.1) is 6.92 Å². The molecule has 0 spiro atoms. The zero-order valence-electron chi connectivity index (χ0n) is 7.45. The molecule has 0 aliphatic rings. The Labute approximate surface area is 77.0 Å². The third-order valence-corrected chi connectivity index (χ3v) is 2.23. The minimum Gasteiger partial charge on any atom is -0.298 e. The minimum absolute atomic E-state index is 0.746. The van der Waals surface area contributed by atoms with Crippen molar-refractivity contribution in [3.05, 3.63) is 47.5 Å². The van der Waals surface area contributed by atoms with Gasteiger partial charge in [0.1, 0.15) is 6.29 Å². The highest BCUT2D eigenvalue weighted by Crippen LogP contribution is 2.19. The van der Waals surface area contributed by atoms with E-state index in [1.54, 1.807) is 0 Å². The van der Waals surface area contributed by atoms with Crippen LogP contribution in [0.5, 0.6) is 0 Å². The number of rotatable bonds is 1. The van der Waals surface area contributed by atoms with Crippen molar-refractivity contribution in [2.75, 3.05) is 0 Å². The summed E-state index contributed by atoms with van der Waals surface area (Å²) in [7, 11) is 0. The van der Waals surface area contributed by atoms with Crippen LogP contribution in [-0.2, 0) is 0 Å². The number of carbonyl (C=O) groups excluding carboxylic acids is 1. The SMILES string of the molecule is Cc1cc(C=O)cc2ccccc12. The van der Waals surface area contributed by atoms with E-state index in [1.165, 1.54) is 5.39 Å². The maximum atomic E-state index is 10.6. The molecule has 0 aliphatic heterocycles. The van der Waals surface area contributed by atoms with E-state index >= 15 is 0 Å². The molecule has 0 aliphatic carbocycles. The molecule has 0 fully saturated rings. The summed E-state index contributed by atoms with van der Waals surface area (Å²) in [6.45, 7) is 2.02. The maximum absolute atomic E-state index is 10.6. The fourth-order valence-corrected chi connectivity index (χ4v) is 1.60. The van der Waals surface area contributed by atoms with Crippen molar-refractivity contribution in [1.29, 1.82) is 0 Å². The first kappa shape index (κ1) is 7.99. The van der Waals surface area contributed by atoms with Gasteiger partial charge >= 0.3 is 0 Å². The maximum Gasteiger partial charge on any atom is 0.150 e. The van der Waals surface area contributed by atoms with Gasteiger partial charge in [-0.2, -0.15) is 0 Å². The molecular weight excluding hydrogens is 160 g/mol. The Morgan fingerprint density at radius 3 is 2.69 bits per heavy atom. The Morgan fingerprint density at radius 1 is 1.15 bits per heavy atom. The van der Waals surface area contributed by atoms with E-state index in [0.717, 1.165) is 22.8 Å². The van der Waals surface area contributed by atoms with E-state index in [1.807, 2.05) is 37.3 Å². The molecule has 13 heavy (non-hydrogen) atoms. The fourth-order valence-electron chi connectivity index (χ4n) is 1.60. The van der Waals surface area contributed by atoms with Crippen LogP contribution in [0.15, 0.2) is 36.4 Å². The lowest BCUT2D eigenvalue weighted by atomic mass is 10.0. The van der Waals surface area contributed by atoms with Crippen LogP contribution < -0.4 is 0 Å². The number of carbonyl (C=O) groups is 1. The summed E-state index contributed by atoms with van der Waals surface area (Å²) in [6, 6.07) is 11.9. The summed E-state index contributed by atoms with van der Waals surface area (Å²) in [4.78, 5) is 10.6. The molecule has 0 amide bonds. The number of aldehydes is 1. The van der Waals surface area contributed by atoms with Crippen molar-refractivity contribution in [3.63, 3.8) is 0 Å². The molecule has 2 aromatic rings. The molecule has 0 saturated heterocycles. The molecule has 0 unspecified atom stereocenters. The predicted octanol–water partition coefficient (Wildman–Crippen LogP) is 2.96. The minimum atomic E-state index is 0.746. The number of hydrogen-bond donors (Lipinski definition) is 0. The number of hydrogen-bond acceptors (Lipinski definition) is 1. The van der Waals surface area contributed by atoms with E-state index in [-0.39, 0.29) is 0 Å². The van der Waals surface area contributed by atoms with Crippen LogP contribution in [0.3, 0.4) is 0 Å². The normalized spacial score (nSPS) is 10.2. The standard InChI is InChI=1S/C12H10O/c1-9-6-10(8-13)7-11-4-2-3-5-12(9)11/h2-8H,1H3. The van der Waals surface area contributed by atoms with Crippen LogP contribution in [0.1, 0.15) is 15.9 Å². The monoisotopic (exact) mass is 170 g/mol. The highest BCUT2D eigenvalue weighted by Gasteiger charge is 1.98. The summed E-state index contributed by atoms with van der Waals surface area (Å²) in [6.07, 6.45) is 0.888. The predicted molar refractivity (Wildman–Crippen MR) is 54.1 cm³/mol. The van der Waals surface area contributed by atoms with Gasteiger partial charge in [-0.25, -0.2) is 0 Å². The van der Waals surface area contributed by atoms with Gasteiger partial charge in [0.15, 0.2) is 0 Å². The van der Waals surface area contributed by atoms with E-state index in [2.05, 4.69) is 6.07 Å². The molecule has 64 valence electrons. The Balaban J connectivity index is 2.84. The van der Waals surface area contributed by atoms with Crippen molar-refractivity contribution >= 4 is 17.1 Å². The summed E-state index contributed by atoms with van der Waals surface area (Å²) in [5, 5.41) is 2.35. The third-order valence-electron chi connectivity index (χ3n) is 2.23. The largest absolute Gasteiger partial charge is 0.298 e. The average Bonchev–Trinajstić information content (AvgIpc) is 2.18. The van der Waals surface area contributed by atoms with Gasteiger partial charge in [-0.1, -0.05) is 24.3 Å². The molecule has 2 rings (SSSR count). The molecule has 0 radical (unpaired) electrons. The highest BCUT2D eigenvalue weighted by molar-refractivity contribution is 5.91. The zero-order chi connectivity index (χ0) is 9.26. The van der Waals surface area contributed by atoms with Gasteiger partial charge in [0.2, 0.25) is 0 Å². The average molecular weight is 170 g/mol. The number of fused-ring (bicyclic) bond motifs is 1. The molecule has 1 nitrogen and oxygen atoms in total. The zero-order valence-corrected chi connectivity index (χ0v) is 7.45. The van der Waals surface area contributed by atoms with Gasteiger partial charge in [-0.05, 0) is 35.4 Å². The third kappa shape index (κ3) is 1.33. The quantitative estimate of drug-likeness (QED) is 0.601. The van der Waals surface area contributed by atoms with Crippen molar-refractivity contribution in [3.8, 4) is 0 Å². The summed E-state index contributed by atoms with van der Waals surface area (Å²) < 4.78 is 0. The lowest BCUT2D eigenvalue weighted by molar-refractivity contribution is 0.112. The van der Waals surface area contributed by atoms with Crippen molar-refractivity contribution in [2.45, 2.75) is 6.92 Å². The van der Waals surface area contributed by atoms with Crippen LogP contribution in [0.2, 0.25) is 0 Å². The smallest absolute Gasteiger partial charge is 0.150 e. The molecule has 0 heterocycles. The second-order valence-corrected chi connectivity index (χ2v) is 3.18. The first-order valence-electron chi connectivity index (χ1n) is 4.26. The fraction of sp³-hybridized carbons (Fsp3) is 0.0833. The molecule has 0 aromatic heterocycles. The van der Waals surface area contributed by atoms with E-state index < -0.39 is 0 Å². The molecule has 0 bridgehead atoms. The van der Waals surface area contributed by atoms with Crippen LogP contribution >= 0.6 is 0 Å². The topological polar surface area (TPSA) is 17.1 Å². The molecule has 2 aromatic carbocycles. The first-order valence-corrected chi connectivity index (χ1v) is 4.26. The molecular formula is C12H10O.